The van der Waals surface area contributed by atoms with Gasteiger partial charge in [-0.05, 0) is 98.0 Å². The van der Waals surface area contributed by atoms with E-state index in [1.165, 1.54) is 12.8 Å². The van der Waals surface area contributed by atoms with Crippen LogP contribution >= 0.6 is 0 Å². The summed E-state index contributed by atoms with van der Waals surface area (Å²) in [6.45, 7) is 33.4. The lowest BCUT2D eigenvalue weighted by Crippen LogP contribution is -2.58. The number of carbonyl (C=O) groups excluding carboxylic acids is 1. The monoisotopic (exact) mass is 626 g/mol. The second kappa shape index (κ2) is 11.8. The average Bonchev–Trinajstić information content (AvgIpc) is 3.23. The van der Waals surface area contributed by atoms with E-state index in [9.17, 15) is 4.79 Å². The third kappa shape index (κ3) is 6.32. The van der Waals surface area contributed by atoms with E-state index in [-0.39, 0.29) is 33.1 Å². The summed E-state index contributed by atoms with van der Waals surface area (Å²) in [5.74, 6) is 1.97. The minimum Gasteiger partial charge on any atom is -0.414 e. The van der Waals surface area contributed by atoms with Gasteiger partial charge in [-0.3, -0.25) is 4.79 Å². The van der Waals surface area contributed by atoms with E-state index in [1.54, 1.807) is 16.7 Å². The zero-order chi connectivity index (χ0) is 32.4. The number of hydrogen-bond acceptors (Lipinski definition) is 3. The molecular formula is C38H66O3Si2. The molecule has 244 valence electrons. The van der Waals surface area contributed by atoms with Gasteiger partial charge in [0.15, 0.2) is 16.6 Å². The third-order valence-corrected chi connectivity index (χ3v) is 22.6. The number of carbonyl (C=O) groups is 1. The van der Waals surface area contributed by atoms with E-state index in [0.717, 1.165) is 32.1 Å². The molecular weight excluding hydrogens is 561 g/mol. The summed E-state index contributed by atoms with van der Waals surface area (Å²) in [7, 11) is -3.92. The van der Waals surface area contributed by atoms with Crippen LogP contribution in [-0.2, 0) is 13.6 Å². The molecule has 0 bridgehead atoms. The maximum absolute atomic E-state index is 12.1. The summed E-state index contributed by atoms with van der Waals surface area (Å²) in [5.41, 5.74) is 5.09. The maximum atomic E-state index is 12.1. The van der Waals surface area contributed by atoms with Gasteiger partial charge < -0.3 is 8.85 Å². The van der Waals surface area contributed by atoms with Gasteiger partial charge in [0.1, 0.15) is 5.78 Å². The molecule has 0 aromatic rings. The zero-order valence-corrected chi connectivity index (χ0v) is 32.5. The smallest absolute Gasteiger partial charge is 0.192 e. The van der Waals surface area contributed by atoms with Gasteiger partial charge in [0.05, 0.1) is 12.2 Å². The van der Waals surface area contributed by atoms with Crippen LogP contribution < -0.4 is 0 Å². The van der Waals surface area contributed by atoms with Crippen LogP contribution in [0.5, 0.6) is 0 Å². The summed E-state index contributed by atoms with van der Waals surface area (Å²) in [5, 5.41) is 0.359. The topological polar surface area (TPSA) is 35.5 Å². The Balaban J connectivity index is 1.68. The first-order valence-corrected chi connectivity index (χ1v) is 23.4. The molecule has 0 aromatic heterocycles. The van der Waals surface area contributed by atoms with E-state index in [0.29, 0.717) is 30.0 Å². The number of fused-ring (bicyclic) bond motifs is 5. The van der Waals surface area contributed by atoms with Gasteiger partial charge in [-0.25, -0.2) is 0 Å². The van der Waals surface area contributed by atoms with E-state index < -0.39 is 16.6 Å². The summed E-state index contributed by atoms with van der Waals surface area (Å²) in [4.78, 5) is 12.1. The molecule has 3 nitrogen and oxygen atoms in total. The summed E-state index contributed by atoms with van der Waals surface area (Å²) < 4.78 is 14.7. The molecule has 4 aliphatic carbocycles. The second-order valence-corrected chi connectivity index (χ2v) is 27.7. The summed E-state index contributed by atoms with van der Waals surface area (Å²) in [6.07, 6.45) is 16.0. The highest BCUT2D eigenvalue weighted by molar-refractivity contribution is 6.74. The van der Waals surface area contributed by atoms with Gasteiger partial charge in [0.2, 0.25) is 0 Å². The molecule has 0 aromatic carbocycles. The van der Waals surface area contributed by atoms with Gasteiger partial charge in [-0.15, -0.1) is 0 Å². The Kier molecular flexibility index (Phi) is 9.63. The molecule has 3 unspecified atom stereocenters. The lowest BCUT2D eigenvalue weighted by Gasteiger charge is -2.59. The minimum absolute atomic E-state index is 0.0101. The first kappa shape index (κ1) is 35.1. The maximum Gasteiger partial charge on any atom is 0.192 e. The van der Waals surface area contributed by atoms with Crippen LogP contribution in [0.25, 0.3) is 0 Å². The zero-order valence-electron chi connectivity index (χ0n) is 30.5. The molecule has 2 fully saturated rings. The summed E-state index contributed by atoms with van der Waals surface area (Å²) >= 11 is 0. The van der Waals surface area contributed by atoms with Crippen molar-refractivity contribution in [2.24, 2.45) is 28.6 Å². The standard InChI is InChI=1S/C38H66O3Si2/c1-15-28(39)18-16-26(2)31-20-21-32-30-19-17-27-24-29(40-42(11,12)35(3,4)5)25-34(41-43(13,14)36(6,7)8)38(27,10)33(30)22-23-37(31,32)9/h17,19-20,26,29,32-34H,15-16,18,21-25H2,1-14H3/t26?,29?,32-,33-,34?,37+,38-/m0/s1. The lowest BCUT2D eigenvalue weighted by atomic mass is 9.49. The fraction of sp³-hybridized carbons (Fsp3) is 0.816. The number of ketones is 1. The van der Waals surface area contributed by atoms with Crippen molar-refractivity contribution < 1.29 is 13.6 Å². The Labute approximate surface area is 268 Å². The molecule has 0 saturated heterocycles. The molecule has 0 amide bonds. The number of hydrogen-bond donors (Lipinski definition) is 0. The van der Waals surface area contributed by atoms with Gasteiger partial charge in [0, 0.05) is 18.3 Å². The molecule has 7 atom stereocenters. The van der Waals surface area contributed by atoms with Crippen LogP contribution in [0.1, 0.15) is 121 Å². The summed E-state index contributed by atoms with van der Waals surface area (Å²) in [6, 6.07) is 0. The Morgan fingerprint density at radius 2 is 1.58 bits per heavy atom. The van der Waals surface area contributed by atoms with Gasteiger partial charge in [0.25, 0.3) is 0 Å². The minimum atomic E-state index is -2.01. The number of rotatable bonds is 9. The second-order valence-electron chi connectivity index (χ2n) is 18.2. The van der Waals surface area contributed by atoms with E-state index in [2.05, 4.69) is 107 Å². The largest absolute Gasteiger partial charge is 0.414 e. The van der Waals surface area contributed by atoms with Crippen molar-refractivity contribution in [2.45, 2.75) is 169 Å². The number of Topliss-reactive ketones (excluding diaryl/α,β-unsaturated/α-hetero) is 1. The van der Waals surface area contributed by atoms with Crippen molar-refractivity contribution in [1.82, 2.24) is 0 Å². The van der Waals surface area contributed by atoms with Crippen LogP contribution in [0.3, 0.4) is 0 Å². The molecule has 0 N–H and O–H groups in total. The first-order valence-electron chi connectivity index (χ1n) is 17.6. The van der Waals surface area contributed by atoms with Crippen molar-refractivity contribution in [2.75, 3.05) is 0 Å². The average molecular weight is 627 g/mol. The van der Waals surface area contributed by atoms with Crippen LogP contribution in [0, 0.1) is 28.6 Å². The van der Waals surface area contributed by atoms with Crippen LogP contribution in [0.15, 0.2) is 34.9 Å². The lowest BCUT2D eigenvalue weighted by molar-refractivity contribution is -0.119. The van der Waals surface area contributed by atoms with Gasteiger partial charge >= 0.3 is 0 Å². The molecule has 0 aliphatic heterocycles. The predicted molar refractivity (Wildman–Crippen MR) is 188 cm³/mol. The number of allylic oxidation sites excluding steroid dienone is 5. The highest BCUT2D eigenvalue weighted by Crippen LogP contribution is 2.65. The van der Waals surface area contributed by atoms with Crippen molar-refractivity contribution >= 4 is 22.4 Å². The van der Waals surface area contributed by atoms with E-state index >= 15 is 0 Å². The van der Waals surface area contributed by atoms with Crippen LogP contribution in [0.2, 0.25) is 36.3 Å². The molecule has 0 heterocycles. The van der Waals surface area contributed by atoms with Crippen molar-refractivity contribution in [1.29, 1.82) is 0 Å². The SMILES string of the molecule is CCC(=O)CCC(C)C1=CC[C@H]2C3=CC=C4CC(O[Si](C)(C)C(C)(C)C)CC(O[Si](C)(C)C(C)(C)C)[C@]4(C)[C@H]3CC[C@]12C. The molecule has 2 saturated carbocycles. The van der Waals surface area contributed by atoms with Crippen molar-refractivity contribution in [3.05, 3.63) is 34.9 Å². The predicted octanol–water partition coefficient (Wildman–Crippen LogP) is 11.2. The quantitative estimate of drug-likeness (QED) is 0.189. The third-order valence-electron chi connectivity index (χ3n) is 13.5. The Morgan fingerprint density at radius 1 is 0.977 bits per heavy atom. The fourth-order valence-electron chi connectivity index (χ4n) is 8.49. The highest BCUT2D eigenvalue weighted by atomic mass is 28.4. The Hall–Kier alpha value is -0.756. The molecule has 4 aliphatic rings. The van der Waals surface area contributed by atoms with Crippen molar-refractivity contribution in [3.8, 4) is 0 Å². The molecule has 0 radical (unpaired) electrons. The van der Waals surface area contributed by atoms with Crippen LogP contribution in [-0.4, -0.2) is 34.6 Å². The first-order chi connectivity index (χ1) is 19.6. The van der Waals surface area contributed by atoms with Gasteiger partial charge in [-0.2, -0.15) is 0 Å². The molecule has 43 heavy (non-hydrogen) atoms. The van der Waals surface area contributed by atoms with E-state index in [1.807, 2.05) is 6.92 Å². The Bertz CT molecular complexity index is 1160. The highest BCUT2D eigenvalue weighted by Gasteiger charge is 2.59. The molecule has 4 rings (SSSR count). The van der Waals surface area contributed by atoms with Crippen LogP contribution in [0.4, 0.5) is 0 Å². The normalized spacial score (nSPS) is 34.0. The Morgan fingerprint density at radius 3 is 2.16 bits per heavy atom. The van der Waals surface area contributed by atoms with Gasteiger partial charge in [-0.1, -0.05) is 104 Å². The van der Waals surface area contributed by atoms with E-state index in [4.69, 9.17) is 8.85 Å². The molecule has 0 spiro atoms. The fourth-order valence-corrected chi connectivity index (χ4v) is 11.3. The van der Waals surface area contributed by atoms with Crippen molar-refractivity contribution in [3.63, 3.8) is 0 Å². The molecule has 5 heteroatoms.